The molecule has 3 aromatic heterocycles. The molecule has 0 aliphatic rings. The first-order valence-corrected chi connectivity index (χ1v) is 13.2. The number of amides is 2. The average molecular weight is 551 g/mol. The Morgan fingerprint density at radius 3 is 2.30 bits per heavy atom. The van der Waals surface area contributed by atoms with E-state index in [9.17, 15) is 9.59 Å². The number of ether oxygens (including phenoxy) is 2. The van der Waals surface area contributed by atoms with Crippen molar-refractivity contribution in [3.8, 4) is 0 Å². The van der Waals surface area contributed by atoms with Crippen LogP contribution in [0, 0.1) is 6.92 Å². The third-order valence-corrected chi connectivity index (χ3v) is 6.87. The maximum atomic E-state index is 13.3. The van der Waals surface area contributed by atoms with E-state index in [0.717, 1.165) is 10.4 Å². The smallest absolute Gasteiger partial charge is 0.416 e. The number of hydrogen-bond donors (Lipinski definition) is 0. The van der Waals surface area contributed by atoms with Gasteiger partial charge in [0.15, 0.2) is 5.82 Å². The highest BCUT2D eigenvalue weighted by atomic mass is 35.5. The molecule has 0 radical (unpaired) electrons. The lowest BCUT2D eigenvalue weighted by Crippen LogP contribution is -2.40. The molecule has 0 aromatic carbocycles. The minimum atomic E-state index is -0.716. The van der Waals surface area contributed by atoms with Crippen LogP contribution in [-0.2, 0) is 22.4 Å². The molecule has 11 heteroatoms. The number of thiophene rings is 1. The van der Waals surface area contributed by atoms with Gasteiger partial charge in [-0.1, -0.05) is 0 Å². The van der Waals surface area contributed by atoms with Crippen molar-refractivity contribution in [2.45, 2.75) is 85.6 Å². The van der Waals surface area contributed by atoms with Crippen LogP contribution in [0.25, 0.3) is 10.2 Å². The SMILES string of the molecule is Cc1c(C[C@H](C)N(C)C(=O)OC(C)(C)C)sc2c(N(Cc3ccco3)C(=O)OC(C)(C)C)nc(Cl)nc12. The zero-order valence-corrected chi connectivity index (χ0v) is 24.4. The van der Waals surface area contributed by atoms with Gasteiger partial charge in [-0.05, 0) is 84.7 Å². The third kappa shape index (κ3) is 7.35. The number of anilines is 1. The number of fused-ring (bicyclic) bond motifs is 1. The number of hydrogen-bond acceptors (Lipinski definition) is 8. The van der Waals surface area contributed by atoms with Crippen LogP contribution >= 0.6 is 22.9 Å². The number of rotatable bonds is 6. The van der Waals surface area contributed by atoms with E-state index in [1.165, 1.54) is 16.2 Å². The molecule has 0 saturated heterocycles. The molecule has 3 aromatic rings. The fraction of sp³-hybridized carbons (Fsp3) is 0.538. The predicted octanol–water partition coefficient (Wildman–Crippen LogP) is 6.99. The van der Waals surface area contributed by atoms with E-state index in [1.807, 2.05) is 34.6 Å². The first-order chi connectivity index (χ1) is 17.1. The molecule has 3 heterocycles. The Morgan fingerprint density at radius 1 is 1.11 bits per heavy atom. The second-order valence-electron chi connectivity index (χ2n) is 10.9. The maximum Gasteiger partial charge on any atom is 0.416 e. The first-order valence-electron chi connectivity index (χ1n) is 12.0. The molecule has 0 saturated carbocycles. The minimum Gasteiger partial charge on any atom is -0.467 e. The fourth-order valence-corrected chi connectivity index (χ4v) is 5.02. The molecular formula is C26H35ClN4O5S. The summed E-state index contributed by atoms with van der Waals surface area (Å²) in [5.41, 5.74) is 0.262. The fourth-order valence-electron chi connectivity index (χ4n) is 3.49. The summed E-state index contributed by atoms with van der Waals surface area (Å²) >= 11 is 7.80. The standard InChI is InChI=1S/C26H35ClN4O5S/c1-15(30(9)23(32)35-25(3,4)5)13-18-16(2)19-20(37-18)21(29-22(27)28-19)31(14-17-11-10-12-34-17)24(33)36-26(6,7)8/h10-12,15H,13-14H2,1-9H3/t15-/m0/s1. The zero-order chi connectivity index (χ0) is 27.7. The predicted molar refractivity (Wildman–Crippen MR) is 145 cm³/mol. The molecule has 0 bridgehead atoms. The van der Waals surface area contributed by atoms with Crippen molar-refractivity contribution in [2.75, 3.05) is 11.9 Å². The van der Waals surface area contributed by atoms with Gasteiger partial charge < -0.3 is 18.8 Å². The second kappa shape index (κ2) is 10.9. The van der Waals surface area contributed by atoms with Crippen molar-refractivity contribution in [1.29, 1.82) is 0 Å². The summed E-state index contributed by atoms with van der Waals surface area (Å²) in [6.45, 7) is 14.9. The van der Waals surface area contributed by atoms with E-state index in [0.29, 0.717) is 28.2 Å². The van der Waals surface area contributed by atoms with Crippen LogP contribution < -0.4 is 4.90 Å². The van der Waals surface area contributed by atoms with Gasteiger partial charge in [0.1, 0.15) is 17.0 Å². The monoisotopic (exact) mass is 550 g/mol. The highest BCUT2D eigenvalue weighted by Crippen LogP contribution is 2.38. The maximum absolute atomic E-state index is 13.3. The van der Waals surface area contributed by atoms with Crippen molar-refractivity contribution in [1.82, 2.24) is 14.9 Å². The summed E-state index contributed by atoms with van der Waals surface area (Å²) in [6, 6.07) is 3.37. The molecule has 37 heavy (non-hydrogen) atoms. The van der Waals surface area contributed by atoms with Crippen LogP contribution in [0.3, 0.4) is 0 Å². The van der Waals surface area contributed by atoms with E-state index in [1.54, 1.807) is 51.1 Å². The number of nitrogens with zero attached hydrogens (tertiary/aromatic N) is 4. The van der Waals surface area contributed by atoms with Gasteiger partial charge in [0.2, 0.25) is 5.28 Å². The topological polar surface area (TPSA) is 98.0 Å². The molecule has 0 unspecified atom stereocenters. The second-order valence-corrected chi connectivity index (χ2v) is 12.4. The number of carbonyl (C=O) groups is 2. The number of aryl methyl sites for hydroxylation is 1. The van der Waals surface area contributed by atoms with Gasteiger partial charge in [0.25, 0.3) is 0 Å². The molecule has 2 amide bonds. The van der Waals surface area contributed by atoms with E-state index >= 15 is 0 Å². The van der Waals surface area contributed by atoms with E-state index in [4.69, 9.17) is 25.5 Å². The number of carbonyl (C=O) groups excluding carboxylic acids is 2. The largest absolute Gasteiger partial charge is 0.467 e. The van der Waals surface area contributed by atoms with Gasteiger partial charge in [-0.3, -0.25) is 4.90 Å². The number of aromatic nitrogens is 2. The van der Waals surface area contributed by atoms with Crippen LogP contribution in [0.5, 0.6) is 0 Å². The number of halogens is 1. The summed E-state index contributed by atoms with van der Waals surface area (Å²) in [5, 5.41) is 0.0156. The Hall–Kier alpha value is -2.85. The van der Waals surface area contributed by atoms with Crippen molar-refractivity contribution in [3.05, 3.63) is 39.9 Å². The molecule has 0 aliphatic heterocycles. The number of furan rings is 1. The Balaban J connectivity index is 2.01. The van der Waals surface area contributed by atoms with Crippen LogP contribution in [-0.4, -0.2) is 51.3 Å². The molecule has 0 fully saturated rings. The quantitative estimate of drug-likeness (QED) is 0.305. The third-order valence-electron chi connectivity index (χ3n) is 5.41. The molecule has 1 atom stereocenters. The van der Waals surface area contributed by atoms with Gasteiger partial charge in [-0.15, -0.1) is 11.3 Å². The molecule has 0 aliphatic carbocycles. The lowest BCUT2D eigenvalue weighted by molar-refractivity contribution is 0.0236. The van der Waals surface area contributed by atoms with Crippen LogP contribution in [0.4, 0.5) is 15.4 Å². The lowest BCUT2D eigenvalue weighted by Gasteiger charge is -2.28. The number of likely N-dealkylation sites (N-methyl/N-ethyl adjacent to an activating group) is 1. The summed E-state index contributed by atoms with van der Waals surface area (Å²) in [4.78, 5) is 38.8. The minimum absolute atomic E-state index is 0.0156. The average Bonchev–Trinajstić information content (AvgIpc) is 3.37. The zero-order valence-electron chi connectivity index (χ0n) is 22.8. The highest BCUT2D eigenvalue weighted by molar-refractivity contribution is 7.19. The lowest BCUT2D eigenvalue weighted by atomic mass is 10.1. The van der Waals surface area contributed by atoms with E-state index in [-0.39, 0.29) is 17.9 Å². The Labute approximate surface area is 226 Å². The highest BCUT2D eigenvalue weighted by Gasteiger charge is 2.30. The van der Waals surface area contributed by atoms with Crippen LogP contribution in [0.15, 0.2) is 22.8 Å². The van der Waals surface area contributed by atoms with Crippen molar-refractivity contribution < 1.29 is 23.5 Å². The van der Waals surface area contributed by atoms with Gasteiger partial charge in [0.05, 0.1) is 23.0 Å². The van der Waals surface area contributed by atoms with Gasteiger partial charge in [-0.25, -0.2) is 14.6 Å². The molecular weight excluding hydrogens is 516 g/mol. The van der Waals surface area contributed by atoms with E-state index in [2.05, 4.69) is 9.97 Å². The van der Waals surface area contributed by atoms with Gasteiger partial charge in [-0.2, -0.15) is 4.98 Å². The normalized spacial score (nSPS) is 12.9. The van der Waals surface area contributed by atoms with Gasteiger partial charge in [0, 0.05) is 24.4 Å². The van der Waals surface area contributed by atoms with Crippen molar-refractivity contribution in [3.63, 3.8) is 0 Å². The Morgan fingerprint density at radius 2 is 1.73 bits per heavy atom. The van der Waals surface area contributed by atoms with E-state index < -0.39 is 23.4 Å². The Bertz CT molecular complexity index is 1260. The Kier molecular flexibility index (Phi) is 8.44. The van der Waals surface area contributed by atoms with Crippen LogP contribution in [0.1, 0.15) is 64.7 Å². The summed E-state index contributed by atoms with van der Waals surface area (Å²) in [7, 11) is 1.72. The molecule has 9 nitrogen and oxygen atoms in total. The molecule has 202 valence electrons. The summed E-state index contributed by atoms with van der Waals surface area (Å²) in [6.07, 6.45) is 1.13. The van der Waals surface area contributed by atoms with Crippen molar-refractivity contribution in [2.24, 2.45) is 0 Å². The first kappa shape index (κ1) is 28.7. The van der Waals surface area contributed by atoms with Crippen LogP contribution in [0.2, 0.25) is 5.28 Å². The summed E-state index contributed by atoms with van der Waals surface area (Å²) in [5.74, 6) is 0.906. The molecule has 3 rings (SSSR count). The molecule has 0 N–H and O–H groups in total. The summed E-state index contributed by atoms with van der Waals surface area (Å²) < 4.78 is 17.4. The molecule has 0 spiro atoms. The van der Waals surface area contributed by atoms with Gasteiger partial charge >= 0.3 is 12.2 Å². The van der Waals surface area contributed by atoms with Crippen molar-refractivity contribution >= 4 is 51.2 Å².